The molecule has 91 valence electrons. The Morgan fingerprint density at radius 2 is 2.38 bits per heavy atom. The zero-order chi connectivity index (χ0) is 12.2. The highest BCUT2D eigenvalue weighted by Gasteiger charge is 2.48. The first-order valence-corrected chi connectivity index (χ1v) is 5.58. The molecule has 2 unspecified atom stereocenters. The number of amides is 2. The molecule has 5 heteroatoms. The maximum atomic E-state index is 11.8. The minimum absolute atomic E-state index is 0.0224. The zero-order valence-corrected chi connectivity index (χ0v) is 10.1. The predicted molar refractivity (Wildman–Crippen MR) is 58.8 cm³/mol. The fourth-order valence-electron chi connectivity index (χ4n) is 2.04. The van der Waals surface area contributed by atoms with Crippen LogP contribution in [0.4, 0.5) is 0 Å². The highest BCUT2D eigenvalue weighted by molar-refractivity contribution is 5.93. The minimum Gasteiger partial charge on any atom is -0.375 e. The van der Waals surface area contributed by atoms with Gasteiger partial charge in [0, 0.05) is 13.7 Å². The first-order chi connectivity index (χ1) is 7.56. The molecule has 2 amide bonds. The van der Waals surface area contributed by atoms with Gasteiger partial charge in [0.1, 0.15) is 12.1 Å². The third kappa shape index (κ3) is 2.35. The Kier molecular flexibility index (Phi) is 4.29. The standard InChI is InChI=1S/C11H19N2O3/c1-4-8(2)11(5-6-12-10(11)15)13-9(14)7-16-3/h8H,4-7H2,1-3H3,(H,13,14). The van der Waals surface area contributed by atoms with Crippen molar-refractivity contribution in [3.05, 3.63) is 0 Å². The molecule has 1 N–H and O–H groups in total. The van der Waals surface area contributed by atoms with Crippen molar-refractivity contribution < 1.29 is 14.3 Å². The van der Waals surface area contributed by atoms with Crippen LogP contribution in [0.25, 0.3) is 0 Å². The molecule has 0 aromatic carbocycles. The number of rotatable bonds is 5. The molecular weight excluding hydrogens is 208 g/mol. The van der Waals surface area contributed by atoms with Gasteiger partial charge in [-0.1, -0.05) is 20.3 Å². The minimum atomic E-state index is -0.801. The molecule has 16 heavy (non-hydrogen) atoms. The summed E-state index contributed by atoms with van der Waals surface area (Å²) in [5.41, 5.74) is -0.801. The first-order valence-electron chi connectivity index (χ1n) is 5.58. The lowest BCUT2D eigenvalue weighted by Crippen LogP contribution is -2.57. The topological polar surface area (TPSA) is 69.5 Å². The molecule has 1 aliphatic heterocycles. The summed E-state index contributed by atoms with van der Waals surface area (Å²) in [7, 11) is 1.45. The van der Waals surface area contributed by atoms with Crippen LogP contribution in [0.3, 0.4) is 0 Å². The van der Waals surface area contributed by atoms with Crippen molar-refractivity contribution in [1.29, 1.82) is 0 Å². The zero-order valence-electron chi connectivity index (χ0n) is 10.1. The van der Waals surface area contributed by atoms with Crippen LogP contribution in [0.2, 0.25) is 0 Å². The van der Waals surface area contributed by atoms with Gasteiger partial charge < -0.3 is 10.1 Å². The summed E-state index contributed by atoms with van der Waals surface area (Å²) in [6, 6.07) is 0. The summed E-state index contributed by atoms with van der Waals surface area (Å²) in [6.45, 7) is 4.44. The monoisotopic (exact) mass is 227 g/mol. The highest BCUT2D eigenvalue weighted by atomic mass is 16.5. The second-order valence-corrected chi connectivity index (χ2v) is 4.20. The summed E-state index contributed by atoms with van der Waals surface area (Å²) >= 11 is 0. The third-order valence-electron chi connectivity index (χ3n) is 3.23. The average Bonchev–Trinajstić information content (AvgIpc) is 2.60. The van der Waals surface area contributed by atoms with E-state index in [0.29, 0.717) is 13.0 Å². The maximum Gasteiger partial charge on any atom is 0.267 e. The van der Waals surface area contributed by atoms with Crippen LogP contribution in [0, 0.1) is 5.92 Å². The lowest BCUT2D eigenvalue weighted by Gasteiger charge is -2.32. The van der Waals surface area contributed by atoms with E-state index in [9.17, 15) is 9.59 Å². The summed E-state index contributed by atoms with van der Waals surface area (Å²) in [5.74, 6) is -0.369. The lowest BCUT2D eigenvalue weighted by molar-refractivity contribution is -0.135. The van der Waals surface area contributed by atoms with E-state index in [4.69, 9.17) is 4.74 Å². The smallest absolute Gasteiger partial charge is 0.267 e. The van der Waals surface area contributed by atoms with Crippen molar-refractivity contribution in [1.82, 2.24) is 10.6 Å². The average molecular weight is 227 g/mol. The SMILES string of the molecule is CCC(C)C1(NC(=O)COC)CC[N]C1=O. The number of nitrogens with one attached hydrogen (secondary N) is 1. The van der Waals surface area contributed by atoms with Crippen molar-refractivity contribution in [3.8, 4) is 0 Å². The van der Waals surface area contributed by atoms with Gasteiger partial charge in [-0.05, 0) is 12.3 Å². The van der Waals surface area contributed by atoms with E-state index in [1.807, 2.05) is 13.8 Å². The maximum absolute atomic E-state index is 11.8. The molecule has 1 aliphatic rings. The molecule has 1 fully saturated rings. The van der Waals surface area contributed by atoms with Crippen LogP contribution < -0.4 is 10.6 Å². The fourth-order valence-corrected chi connectivity index (χ4v) is 2.04. The largest absolute Gasteiger partial charge is 0.375 e. The molecule has 1 saturated heterocycles. The Hall–Kier alpha value is -1.10. The second-order valence-electron chi connectivity index (χ2n) is 4.20. The molecule has 0 aliphatic carbocycles. The van der Waals surface area contributed by atoms with Gasteiger partial charge in [-0.3, -0.25) is 9.59 Å². The van der Waals surface area contributed by atoms with Crippen molar-refractivity contribution in [3.63, 3.8) is 0 Å². The lowest BCUT2D eigenvalue weighted by atomic mass is 9.82. The summed E-state index contributed by atoms with van der Waals surface area (Å²) < 4.78 is 4.75. The molecule has 0 spiro atoms. The van der Waals surface area contributed by atoms with Crippen LogP contribution >= 0.6 is 0 Å². The molecule has 0 aromatic rings. The molecule has 0 bridgehead atoms. The van der Waals surface area contributed by atoms with Gasteiger partial charge in [-0.15, -0.1) is 0 Å². The van der Waals surface area contributed by atoms with Gasteiger partial charge in [0.05, 0.1) is 0 Å². The van der Waals surface area contributed by atoms with Gasteiger partial charge in [-0.2, -0.15) is 0 Å². The Labute approximate surface area is 95.9 Å². The van der Waals surface area contributed by atoms with Crippen molar-refractivity contribution in [2.45, 2.75) is 32.2 Å². The molecule has 0 saturated carbocycles. The van der Waals surface area contributed by atoms with Crippen LogP contribution in [-0.4, -0.2) is 37.6 Å². The van der Waals surface area contributed by atoms with Crippen LogP contribution in [0.5, 0.6) is 0 Å². The normalized spacial score (nSPS) is 26.3. The second kappa shape index (κ2) is 5.30. The van der Waals surface area contributed by atoms with Gasteiger partial charge in [0.15, 0.2) is 0 Å². The van der Waals surface area contributed by atoms with E-state index >= 15 is 0 Å². The number of nitrogens with zero attached hydrogens (tertiary/aromatic N) is 1. The number of methoxy groups -OCH3 is 1. The van der Waals surface area contributed by atoms with Crippen molar-refractivity contribution in [2.75, 3.05) is 20.3 Å². The van der Waals surface area contributed by atoms with Gasteiger partial charge >= 0.3 is 0 Å². The first kappa shape index (κ1) is 13.0. The Morgan fingerprint density at radius 3 is 2.81 bits per heavy atom. The quantitative estimate of drug-likeness (QED) is 0.722. The van der Waals surface area contributed by atoms with E-state index in [0.717, 1.165) is 6.42 Å². The number of carbonyl (C=O) groups is 2. The molecule has 0 aromatic heterocycles. The molecule has 5 nitrogen and oxygen atoms in total. The summed E-state index contributed by atoms with van der Waals surface area (Å²) in [5, 5.41) is 6.66. The Balaban J connectivity index is 2.79. The van der Waals surface area contributed by atoms with Gasteiger partial charge in [-0.25, -0.2) is 5.32 Å². The van der Waals surface area contributed by atoms with E-state index in [2.05, 4.69) is 10.6 Å². The molecule has 2 atom stereocenters. The molecule has 1 heterocycles. The van der Waals surface area contributed by atoms with Crippen molar-refractivity contribution >= 4 is 11.8 Å². The highest BCUT2D eigenvalue weighted by Crippen LogP contribution is 2.28. The molecule has 1 radical (unpaired) electrons. The summed E-state index contributed by atoms with van der Waals surface area (Å²) in [4.78, 5) is 23.4. The van der Waals surface area contributed by atoms with E-state index in [1.54, 1.807) is 0 Å². The van der Waals surface area contributed by atoms with E-state index in [-0.39, 0.29) is 24.3 Å². The van der Waals surface area contributed by atoms with Crippen LogP contribution in [0.15, 0.2) is 0 Å². The molecule has 1 rings (SSSR count). The third-order valence-corrected chi connectivity index (χ3v) is 3.23. The fraction of sp³-hybridized carbons (Fsp3) is 0.818. The van der Waals surface area contributed by atoms with Crippen LogP contribution in [-0.2, 0) is 14.3 Å². The number of ether oxygens (including phenoxy) is 1. The number of carbonyl (C=O) groups excluding carboxylic acids is 2. The number of hydrogen-bond acceptors (Lipinski definition) is 3. The van der Waals surface area contributed by atoms with E-state index < -0.39 is 5.54 Å². The van der Waals surface area contributed by atoms with Crippen LogP contribution in [0.1, 0.15) is 26.7 Å². The van der Waals surface area contributed by atoms with Crippen molar-refractivity contribution in [2.24, 2.45) is 5.92 Å². The number of hydrogen-bond donors (Lipinski definition) is 1. The Morgan fingerprint density at radius 1 is 1.69 bits per heavy atom. The van der Waals surface area contributed by atoms with E-state index in [1.165, 1.54) is 7.11 Å². The molecular formula is C11H19N2O3. The van der Waals surface area contributed by atoms with Gasteiger partial charge in [0.2, 0.25) is 5.91 Å². The predicted octanol–water partition coefficient (Wildman–Crippen LogP) is 0.0686. The summed E-state index contributed by atoms with van der Waals surface area (Å²) in [6.07, 6.45) is 1.42. The van der Waals surface area contributed by atoms with Gasteiger partial charge in [0.25, 0.3) is 5.91 Å². The Bertz CT molecular complexity index is 280.